The van der Waals surface area contributed by atoms with E-state index in [0.29, 0.717) is 42.8 Å². The highest BCUT2D eigenvalue weighted by Crippen LogP contribution is 2.36. The average molecular weight is 454 g/mol. The van der Waals surface area contributed by atoms with Crippen molar-refractivity contribution < 1.29 is 13.9 Å². The number of ether oxygens (including phenoxy) is 1. The Morgan fingerprint density at radius 1 is 1.14 bits per heavy atom. The summed E-state index contributed by atoms with van der Waals surface area (Å²) >= 11 is 19.7. The molecular formula is C19H11Cl3N2O3S. The smallest absolute Gasteiger partial charge is 0.293 e. The molecule has 9 heteroatoms. The number of methoxy groups -OCH3 is 1. The Morgan fingerprint density at radius 3 is 2.75 bits per heavy atom. The van der Waals surface area contributed by atoms with Gasteiger partial charge in [-0.25, -0.2) is 4.98 Å². The molecular weight excluding hydrogens is 443 g/mol. The van der Waals surface area contributed by atoms with Gasteiger partial charge in [-0.2, -0.15) is 0 Å². The number of halogens is 3. The Balaban J connectivity index is 1.58. The highest BCUT2D eigenvalue weighted by Gasteiger charge is 2.17. The van der Waals surface area contributed by atoms with Gasteiger partial charge in [0.1, 0.15) is 11.5 Å². The van der Waals surface area contributed by atoms with Crippen LogP contribution >= 0.6 is 46.1 Å². The summed E-state index contributed by atoms with van der Waals surface area (Å²) in [5.74, 6) is 0.686. The lowest BCUT2D eigenvalue weighted by Crippen LogP contribution is -2.10. The number of hydrogen-bond acceptors (Lipinski definition) is 5. The van der Waals surface area contributed by atoms with Gasteiger partial charge < -0.3 is 9.15 Å². The van der Waals surface area contributed by atoms with Gasteiger partial charge in [0.15, 0.2) is 10.9 Å². The van der Waals surface area contributed by atoms with Crippen molar-refractivity contribution in [2.75, 3.05) is 12.4 Å². The highest BCUT2D eigenvalue weighted by molar-refractivity contribution is 7.22. The van der Waals surface area contributed by atoms with Crippen LogP contribution in [0.15, 0.2) is 46.9 Å². The first kappa shape index (κ1) is 19.1. The molecule has 0 radical (unpaired) electrons. The van der Waals surface area contributed by atoms with Crippen molar-refractivity contribution in [1.82, 2.24) is 4.98 Å². The van der Waals surface area contributed by atoms with Crippen molar-refractivity contribution in [3.63, 3.8) is 0 Å². The van der Waals surface area contributed by atoms with Crippen LogP contribution in [0.3, 0.4) is 0 Å². The maximum atomic E-state index is 12.5. The van der Waals surface area contributed by atoms with E-state index in [1.165, 1.54) is 18.4 Å². The molecule has 1 N–H and O–H groups in total. The largest absolute Gasteiger partial charge is 0.495 e. The SMILES string of the molecule is COc1cc2sc(NC(=O)c3ccc(-c4cccc(Cl)c4Cl)o3)nc2cc1Cl. The number of carbonyl (C=O) groups is 1. The van der Waals surface area contributed by atoms with Gasteiger partial charge in [0.05, 0.1) is 32.4 Å². The number of furan rings is 1. The van der Waals surface area contributed by atoms with Crippen LogP contribution < -0.4 is 10.1 Å². The third-order valence-corrected chi connectivity index (χ3v) is 5.98. The first-order chi connectivity index (χ1) is 13.5. The number of anilines is 1. The van der Waals surface area contributed by atoms with E-state index in [1.54, 1.807) is 42.5 Å². The normalized spacial score (nSPS) is 11.0. The Hall–Kier alpha value is -2.25. The molecule has 2 aromatic heterocycles. The molecule has 0 aliphatic rings. The quantitative estimate of drug-likeness (QED) is 0.370. The van der Waals surface area contributed by atoms with E-state index in [2.05, 4.69) is 10.3 Å². The van der Waals surface area contributed by atoms with Gasteiger partial charge in [-0.15, -0.1) is 0 Å². The number of rotatable bonds is 4. The maximum absolute atomic E-state index is 12.5. The predicted molar refractivity (Wildman–Crippen MR) is 113 cm³/mol. The van der Waals surface area contributed by atoms with E-state index >= 15 is 0 Å². The van der Waals surface area contributed by atoms with E-state index in [-0.39, 0.29) is 5.76 Å². The fourth-order valence-electron chi connectivity index (χ4n) is 2.60. The van der Waals surface area contributed by atoms with Gasteiger partial charge in [0.25, 0.3) is 5.91 Å². The van der Waals surface area contributed by atoms with Crippen LogP contribution in [-0.2, 0) is 0 Å². The van der Waals surface area contributed by atoms with Crippen molar-refractivity contribution in [2.45, 2.75) is 0 Å². The monoisotopic (exact) mass is 452 g/mol. The lowest BCUT2D eigenvalue weighted by Gasteiger charge is -2.02. The van der Waals surface area contributed by atoms with E-state index < -0.39 is 5.91 Å². The minimum absolute atomic E-state index is 0.126. The molecule has 2 aromatic carbocycles. The van der Waals surface area contributed by atoms with Crippen LogP contribution in [0.5, 0.6) is 5.75 Å². The van der Waals surface area contributed by atoms with Crippen molar-refractivity contribution >= 4 is 67.4 Å². The van der Waals surface area contributed by atoms with Gasteiger partial charge in [-0.1, -0.05) is 52.2 Å². The molecule has 0 saturated carbocycles. The zero-order valence-corrected chi connectivity index (χ0v) is 17.3. The predicted octanol–water partition coefficient (Wildman–Crippen LogP) is 6.78. The fourth-order valence-corrected chi connectivity index (χ4v) is 4.10. The summed E-state index contributed by atoms with van der Waals surface area (Å²) in [5, 5.41) is 4.37. The number of nitrogens with zero attached hydrogens (tertiary/aromatic N) is 1. The fraction of sp³-hybridized carbons (Fsp3) is 0.0526. The molecule has 0 atom stereocenters. The highest BCUT2D eigenvalue weighted by atomic mass is 35.5. The van der Waals surface area contributed by atoms with Crippen LogP contribution in [0.25, 0.3) is 21.5 Å². The minimum atomic E-state index is -0.429. The number of nitrogens with one attached hydrogen (secondary N) is 1. The van der Waals surface area contributed by atoms with E-state index in [9.17, 15) is 4.79 Å². The van der Waals surface area contributed by atoms with E-state index in [0.717, 1.165) is 4.70 Å². The molecule has 2 heterocycles. The van der Waals surface area contributed by atoms with Gasteiger partial charge in [-0.3, -0.25) is 10.1 Å². The second-order valence-corrected chi connectivity index (χ2v) is 7.92. The van der Waals surface area contributed by atoms with E-state index in [1.807, 2.05) is 0 Å². The topological polar surface area (TPSA) is 64.4 Å². The van der Waals surface area contributed by atoms with Crippen LogP contribution in [0, 0.1) is 0 Å². The zero-order chi connectivity index (χ0) is 19.8. The molecule has 0 saturated heterocycles. The molecule has 4 rings (SSSR count). The zero-order valence-electron chi connectivity index (χ0n) is 14.3. The second kappa shape index (κ2) is 7.64. The Kier molecular flexibility index (Phi) is 5.21. The van der Waals surface area contributed by atoms with Crippen molar-refractivity contribution in [2.24, 2.45) is 0 Å². The molecule has 0 spiro atoms. The lowest BCUT2D eigenvalue weighted by atomic mass is 10.2. The van der Waals surface area contributed by atoms with Crippen LogP contribution in [-0.4, -0.2) is 18.0 Å². The third kappa shape index (κ3) is 3.56. The molecule has 0 unspecified atom stereocenters. The Morgan fingerprint density at radius 2 is 1.96 bits per heavy atom. The molecule has 1 amide bonds. The molecule has 0 aliphatic heterocycles. The lowest BCUT2D eigenvalue weighted by molar-refractivity contribution is 0.0997. The third-order valence-electron chi connectivity index (χ3n) is 3.93. The standard InChI is InChI=1S/C19H11Cl3N2O3S/c1-26-15-8-16-12(7-11(15)21)23-19(28-16)24-18(25)14-6-5-13(27-14)9-3-2-4-10(20)17(9)22/h2-8H,1H3,(H,23,24,25). The molecule has 4 aromatic rings. The summed E-state index contributed by atoms with van der Waals surface area (Å²) in [6.45, 7) is 0. The minimum Gasteiger partial charge on any atom is -0.495 e. The van der Waals surface area contributed by atoms with Gasteiger partial charge >= 0.3 is 0 Å². The number of aromatic nitrogens is 1. The molecule has 0 fully saturated rings. The summed E-state index contributed by atoms with van der Waals surface area (Å²) in [6, 6.07) is 11.9. The molecule has 0 bridgehead atoms. The van der Waals surface area contributed by atoms with Crippen molar-refractivity contribution in [3.8, 4) is 17.1 Å². The molecule has 0 aliphatic carbocycles. The Labute approximate surface area is 178 Å². The Bertz CT molecular complexity index is 1200. The molecule has 142 valence electrons. The maximum Gasteiger partial charge on any atom is 0.293 e. The molecule has 5 nitrogen and oxygen atoms in total. The summed E-state index contributed by atoms with van der Waals surface area (Å²) < 4.78 is 11.7. The summed E-state index contributed by atoms with van der Waals surface area (Å²) in [4.78, 5) is 16.9. The van der Waals surface area contributed by atoms with E-state index in [4.69, 9.17) is 44.0 Å². The summed E-state index contributed by atoms with van der Waals surface area (Å²) in [6.07, 6.45) is 0. The molecule has 28 heavy (non-hydrogen) atoms. The van der Waals surface area contributed by atoms with Gasteiger partial charge in [-0.05, 0) is 30.3 Å². The van der Waals surface area contributed by atoms with Crippen molar-refractivity contribution in [1.29, 1.82) is 0 Å². The first-order valence-corrected chi connectivity index (χ1v) is 9.91. The number of fused-ring (bicyclic) bond motifs is 1. The number of hydrogen-bond donors (Lipinski definition) is 1. The van der Waals surface area contributed by atoms with Crippen LogP contribution in [0.4, 0.5) is 5.13 Å². The average Bonchev–Trinajstić information content (AvgIpc) is 3.29. The number of benzene rings is 2. The summed E-state index contributed by atoms with van der Waals surface area (Å²) in [5.41, 5.74) is 1.27. The van der Waals surface area contributed by atoms with Gasteiger partial charge in [0, 0.05) is 11.6 Å². The number of amides is 1. The van der Waals surface area contributed by atoms with Crippen molar-refractivity contribution in [3.05, 3.63) is 63.3 Å². The number of carbonyl (C=O) groups excluding carboxylic acids is 1. The first-order valence-electron chi connectivity index (χ1n) is 7.96. The van der Waals surface area contributed by atoms with Gasteiger partial charge in [0.2, 0.25) is 0 Å². The number of thiazole rings is 1. The van der Waals surface area contributed by atoms with Crippen LogP contribution in [0.1, 0.15) is 10.6 Å². The van der Waals surface area contributed by atoms with Crippen LogP contribution in [0.2, 0.25) is 15.1 Å². The second-order valence-electron chi connectivity index (χ2n) is 5.69. The summed E-state index contributed by atoms with van der Waals surface area (Å²) in [7, 11) is 1.54.